The molecule has 1 aliphatic rings. The van der Waals surface area contributed by atoms with Gasteiger partial charge in [-0.25, -0.2) is 0 Å². The molecule has 3 aromatic rings. The molecule has 1 aromatic heterocycles. The van der Waals surface area contributed by atoms with Crippen molar-refractivity contribution in [2.75, 3.05) is 0 Å². The smallest absolute Gasteiger partial charge is 0.121 e. The van der Waals surface area contributed by atoms with Crippen molar-refractivity contribution in [1.82, 2.24) is 15.4 Å². The fourth-order valence-corrected chi connectivity index (χ4v) is 3.12. The van der Waals surface area contributed by atoms with Crippen molar-refractivity contribution in [3.05, 3.63) is 59.7 Å². The predicted octanol–water partition coefficient (Wildman–Crippen LogP) is 3.80. The van der Waals surface area contributed by atoms with Gasteiger partial charge in [-0.2, -0.15) is 15.4 Å². The number of nitrogens with zero attached hydrogens (tertiary/aromatic N) is 2. The van der Waals surface area contributed by atoms with Crippen LogP contribution in [0, 0.1) is 0 Å². The molecule has 0 amide bonds. The largest absolute Gasteiger partial charge is 0.197 e. The van der Waals surface area contributed by atoms with Crippen molar-refractivity contribution in [3.63, 3.8) is 0 Å². The highest BCUT2D eigenvalue weighted by molar-refractivity contribution is 5.82. The van der Waals surface area contributed by atoms with E-state index in [1.165, 1.54) is 22.3 Å². The van der Waals surface area contributed by atoms with Crippen LogP contribution in [0.1, 0.15) is 24.0 Å². The molecule has 4 rings (SSSR count). The summed E-state index contributed by atoms with van der Waals surface area (Å²) in [6.07, 6.45) is 1.03. The van der Waals surface area contributed by atoms with Crippen molar-refractivity contribution in [2.24, 2.45) is 0 Å². The van der Waals surface area contributed by atoms with Crippen LogP contribution in [0.25, 0.3) is 22.5 Å². The lowest BCUT2D eigenvalue weighted by Crippen LogP contribution is -2.05. The summed E-state index contributed by atoms with van der Waals surface area (Å²) in [5.41, 5.74) is 6.98. The van der Waals surface area contributed by atoms with Gasteiger partial charge in [0.1, 0.15) is 11.4 Å². The Hall–Kier alpha value is -2.42. The van der Waals surface area contributed by atoms with Gasteiger partial charge < -0.3 is 0 Å². The number of rotatable bonds is 0. The zero-order valence-electron chi connectivity index (χ0n) is 11.3. The molecule has 98 valence electrons. The van der Waals surface area contributed by atoms with Crippen LogP contribution in [-0.4, -0.2) is 15.4 Å². The van der Waals surface area contributed by atoms with Crippen molar-refractivity contribution in [2.45, 2.75) is 19.3 Å². The van der Waals surface area contributed by atoms with Crippen molar-refractivity contribution < 1.29 is 0 Å². The lowest BCUT2D eigenvalue weighted by atomic mass is 9.83. The van der Waals surface area contributed by atoms with E-state index in [9.17, 15) is 0 Å². The summed E-state index contributed by atoms with van der Waals surface area (Å²) in [5, 5.41) is 11.6. The topological polar surface area (TPSA) is 41.6 Å². The van der Waals surface area contributed by atoms with Crippen LogP contribution in [0.3, 0.4) is 0 Å². The molecule has 20 heavy (non-hydrogen) atoms. The summed E-state index contributed by atoms with van der Waals surface area (Å²) in [5.74, 6) is 0.470. The second kappa shape index (κ2) is 4.30. The van der Waals surface area contributed by atoms with Gasteiger partial charge in [0.25, 0.3) is 0 Å². The van der Waals surface area contributed by atoms with Crippen molar-refractivity contribution >= 4 is 0 Å². The maximum atomic E-state index is 4.40. The first-order chi connectivity index (χ1) is 9.84. The summed E-state index contributed by atoms with van der Waals surface area (Å²) in [6, 6.07) is 17.0. The van der Waals surface area contributed by atoms with Gasteiger partial charge in [-0.1, -0.05) is 55.5 Å². The molecule has 1 N–H and O–H groups in total. The van der Waals surface area contributed by atoms with Crippen LogP contribution in [0.4, 0.5) is 0 Å². The number of aromatic amines is 1. The molecule has 1 heterocycles. The van der Waals surface area contributed by atoms with Gasteiger partial charge in [-0.05, 0) is 23.5 Å². The monoisotopic (exact) mass is 261 g/mol. The second-order valence-electron chi connectivity index (χ2n) is 5.37. The predicted molar refractivity (Wildman–Crippen MR) is 79.4 cm³/mol. The number of hydrogen-bond donors (Lipinski definition) is 1. The van der Waals surface area contributed by atoms with Crippen LogP contribution in [0.2, 0.25) is 0 Å². The molecular formula is C17H15N3. The average Bonchev–Trinajstić information content (AvgIpc) is 2.95. The van der Waals surface area contributed by atoms with Crippen molar-refractivity contribution in [1.29, 1.82) is 0 Å². The number of nitrogens with one attached hydrogen (secondary N) is 1. The van der Waals surface area contributed by atoms with E-state index < -0.39 is 0 Å². The molecule has 0 radical (unpaired) electrons. The lowest BCUT2D eigenvalue weighted by molar-refractivity contribution is 0.760. The Kier molecular flexibility index (Phi) is 2.46. The molecule has 3 nitrogen and oxygen atoms in total. The minimum Gasteiger partial charge on any atom is -0.197 e. The number of H-pyrrole nitrogens is 1. The van der Waals surface area contributed by atoms with Crippen LogP contribution < -0.4 is 0 Å². The fraction of sp³-hybridized carbons (Fsp3) is 0.176. The van der Waals surface area contributed by atoms with Crippen LogP contribution in [-0.2, 0) is 6.42 Å². The zero-order chi connectivity index (χ0) is 13.5. The average molecular weight is 261 g/mol. The van der Waals surface area contributed by atoms with Crippen LogP contribution >= 0.6 is 0 Å². The first-order valence-corrected chi connectivity index (χ1v) is 6.93. The van der Waals surface area contributed by atoms with Crippen LogP contribution in [0.5, 0.6) is 0 Å². The number of benzene rings is 2. The van der Waals surface area contributed by atoms with Gasteiger partial charge in [0.15, 0.2) is 0 Å². The van der Waals surface area contributed by atoms with E-state index in [4.69, 9.17) is 0 Å². The summed E-state index contributed by atoms with van der Waals surface area (Å²) in [6.45, 7) is 2.28. The summed E-state index contributed by atoms with van der Waals surface area (Å²) in [7, 11) is 0. The SMILES string of the molecule is CC1Cc2ccccc2-c2n[nH]nc2-c2ccccc21. The van der Waals surface area contributed by atoms with E-state index in [1.807, 2.05) is 0 Å². The summed E-state index contributed by atoms with van der Waals surface area (Å²) < 4.78 is 0. The Morgan fingerprint density at radius 3 is 2.40 bits per heavy atom. The van der Waals surface area contributed by atoms with Gasteiger partial charge in [0.05, 0.1) is 0 Å². The fourth-order valence-electron chi connectivity index (χ4n) is 3.12. The lowest BCUT2D eigenvalue weighted by Gasteiger charge is -2.20. The van der Waals surface area contributed by atoms with E-state index in [0.29, 0.717) is 5.92 Å². The van der Waals surface area contributed by atoms with Gasteiger partial charge in [-0.15, -0.1) is 0 Å². The minimum atomic E-state index is 0.470. The van der Waals surface area contributed by atoms with E-state index in [2.05, 4.69) is 70.9 Å². The first-order valence-electron chi connectivity index (χ1n) is 6.93. The normalized spacial score (nSPS) is 16.6. The first kappa shape index (κ1) is 11.4. The van der Waals surface area contributed by atoms with Gasteiger partial charge in [-0.3, -0.25) is 0 Å². The molecule has 0 fully saturated rings. The Labute approximate surface area is 117 Å². The number of aromatic nitrogens is 3. The molecule has 0 spiro atoms. The minimum absolute atomic E-state index is 0.470. The third kappa shape index (κ3) is 1.59. The molecule has 0 saturated heterocycles. The van der Waals surface area contributed by atoms with Gasteiger partial charge in [0, 0.05) is 11.1 Å². The molecule has 0 aliphatic heterocycles. The number of fused-ring (bicyclic) bond motifs is 5. The highest BCUT2D eigenvalue weighted by Gasteiger charge is 2.23. The zero-order valence-corrected chi connectivity index (χ0v) is 11.3. The molecule has 3 heteroatoms. The highest BCUT2D eigenvalue weighted by atomic mass is 15.3. The van der Waals surface area contributed by atoms with Crippen LogP contribution in [0.15, 0.2) is 48.5 Å². The molecule has 2 aromatic carbocycles. The standard InChI is InChI=1S/C17H15N3/c1-11-10-12-6-2-3-8-14(12)16-17(19-20-18-16)15-9-5-4-7-13(11)15/h2-9,11H,10H2,1H3,(H,18,19,20). The van der Waals surface area contributed by atoms with E-state index in [1.54, 1.807) is 0 Å². The molecule has 1 aliphatic carbocycles. The Balaban J connectivity index is 2.07. The summed E-state index contributed by atoms with van der Waals surface area (Å²) in [4.78, 5) is 0. The highest BCUT2D eigenvalue weighted by Crippen LogP contribution is 2.39. The molecule has 1 unspecified atom stereocenters. The number of hydrogen-bond acceptors (Lipinski definition) is 2. The Morgan fingerprint density at radius 2 is 1.55 bits per heavy atom. The maximum Gasteiger partial charge on any atom is 0.121 e. The quantitative estimate of drug-likeness (QED) is 0.668. The molecule has 0 bridgehead atoms. The Morgan fingerprint density at radius 1 is 0.900 bits per heavy atom. The van der Waals surface area contributed by atoms with Crippen molar-refractivity contribution in [3.8, 4) is 22.5 Å². The summed E-state index contributed by atoms with van der Waals surface area (Å²) >= 11 is 0. The van der Waals surface area contributed by atoms with Gasteiger partial charge >= 0.3 is 0 Å². The molecule has 1 atom stereocenters. The third-order valence-electron chi connectivity index (χ3n) is 4.09. The van der Waals surface area contributed by atoms with Gasteiger partial charge in [0.2, 0.25) is 0 Å². The Bertz CT molecular complexity index is 773. The van der Waals surface area contributed by atoms with E-state index in [0.717, 1.165) is 17.8 Å². The molecule has 0 saturated carbocycles. The van der Waals surface area contributed by atoms with E-state index in [-0.39, 0.29) is 0 Å². The second-order valence-corrected chi connectivity index (χ2v) is 5.37. The van der Waals surface area contributed by atoms with E-state index >= 15 is 0 Å². The third-order valence-corrected chi connectivity index (χ3v) is 4.09. The molecular weight excluding hydrogens is 246 g/mol. The maximum absolute atomic E-state index is 4.40.